The lowest BCUT2D eigenvalue weighted by Gasteiger charge is -2.19. The highest BCUT2D eigenvalue weighted by Crippen LogP contribution is 2.18. The van der Waals surface area contributed by atoms with Gasteiger partial charge in [0.05, 0.1) is 0 Å². The fourth-order valence-electron chi connectivity index (χ4n) is 3.33. The summed E-state index contributed by atoms with van der Waals surface area (Å²) in [7, 11) is 0. The number of likely N-dealkylation sites (tertiary alicyclic amines) is 1. The molecule has 0 aromatic heterocycles. The molecule has 3 N–H and O–H groups in total. The van der Waals surface area contributed by atoms with Gasteiger partial charge in [0.1, 0.15) is 0 Å². The Morgan fingerprint density at radius 3 is 2.40 bits per heavy atom. The molecule has 0 aliphatic carbocycles. The molecule has 2 aromatic carbocycles. The van der Waals surface area contributed by atoms with Crippen LogP contribution in [0.25, 0.3) is 0 Å². The number of aryl methyl sites for hydroxylation is 1. The highest BCUT2D eigenvalue weighted by atomic mass is 16.1. The number of hydrogen-bond acceptors (Lipinski definition) is 3. The molecule has 4 nitrogen and oxygen atoms in total. The lowest BCUT2D eigenvalue weighted by atomic mass is 10.1. The van der Waals surface area contributed by atoms with Gasteiger partial charge in [-0.2, -0.15) is 0 Å². The molecular weight excluding hydrogens is 310 g/mol. The Morgan fingerprint density at radius 1 is 1.04 bits per heavy atom. The molecule has 0 spiro atoms. The van der Waals surface area contributed by atoms with Crippen LogP contribution in [0.1, 0.15) is 47.2 Å². The van der Waals surface area contributed by atoms with Crippen molar-refractivity contribution in [3.8, 4) is 0 Å². The molecule has 0 saturated carbocycles. The van der Waals surface area contributed by atoms with E-state index in [0.717, 1.165) is 17.8 Å². The maximum absolute atomic E-state index is 12.5. The van der Waals surface area contributed by atoms with Crippen LogP contribution >= 0.6 is 0 Å². The number of carbonyl (C=O) groups is 1. The van der Waals surface area contributed by atoms with Crippen LogP contribution in [0, 0.1) is 6.92 Å². The molecule has 1 amide bonds. The topological polar surface area (TPSA) is 58.4 Å². The van der Waals surface area contributed by atoms with Crippen LogP contribution in [0.2, 0.25) is 0 Å². The lowest BCUT2D eigenvalue weighted by Crippen LogP contribution is -2.23. The minimum atomic E-state index is -0.120. The van der Waals surface area contributed by atoms with E-state index < -0.39 is 0 Å². The van der Waals surface area contributed by atoms with Crippen molar-refractivity contribution in [1.82, 2.24) is 4.90 Å². The summed E-state index contributed by atoms with van der Waals surface area (Å²) in [6.45, 7) is 5.28. The number of nitrogens with two attached hydrogens (primary N) is 1. The van der Waals surface area contributed by atoms with Gasteiger partial charge in [-0.15, -0.1) is 0 Å². The van der Waals surface area contributed by atoms with Crippen molar-refractivity contribution in [2.45, 2.75) is 39.2 Å². The first-order valence-corrected chi connectivity index (χ1v) is 9.10. The maximum atomic E-state index is 12.5. The number of rotatable bonds is 4. The molecule has 0 atom stereocenters. The third kappa shape index (κ3) is 4.83. The van der Waals surface area contributed by atoms with E-state index in [1.165, 1.54) is 44.3 Å². The molecule has 1 fully saturated rings. The number of hydrogen-bond donors (Lipinski definition) is 2. The van der Waals surface area contributed by atoms with E-state index in [1.54, 1.807) is 6.07 Å². The highest BCUT2D eigenvalue weighted by molar-refractivity contribution is 6.05. The fourth-order valence-corrected chi connectivity index (χ4v) is 3.33. The molecule has 4 heteroatoms. The van der Waals surface area contributed by atoms with Crippen molar-refractivity contribution in [2.24, 2.45) is 0 Å². The number of nitrogens with one attached hydrogen (secondary N) is 1. The second-order valence-electron chi connectivity index (χ2n) is 6.92. The van der Waals surface area contributed by atoms with Crippen molar-refractivity contribution in [1.29, 1.82) is 0 Å². The molecule has 1 saturated heterocycles. The molecule has 3 rings (SSSR count). The monoisotopic (exact) mass is 337 g/mol. The first-order chi connectivity index (χ1) is 12.1. The van der Waals surface area contributed by atoms with Gasteiger partial charge in [-0.3, -0.25) is 9.69 Å². The van der Waals surface area contributed by atoms with Crippen molar-refractivity contribution in [3.05, 3.63) is 59.2 Å². The number of carbonyl (C=O) groups excluding carboxylic acids is 1. The zero-order valence-corrected chi connectivity index (χ0v) is 14.9. The zero-order valence-electron chi connectivity index (χ0n) is 14.9. The van der Waals surface area contributed by atoms with E-state index in [-0.39, 0.29) is 5.91 Å². The average Bonchev–Trinajstić information content (AvgIpc) is 2.87. The Hall–Kier alpha value is -2.33. The maximum Gasteiger partial charge on any atom is 0.256 e. The van der Waals surface area contributed by atoms with Crippen molar-refractivity contribution < 1.29 is 4.79 Å². The first-order valence-electron chi connectivity index (χ1n) is 9.10. The number of nitrogen functional groups attached to an aromatic ring is 1. The summed E-state index contributed by atoms with van der Waals surface area (Å²) in [5.41, 5.74) is 10.0. The second kappa shape index (κ2) is 8.17. The van der Waals surface area contributed by atoms with E-state index >= 15 is 0 Å². The summed E-state index contributed by atoms with van der Waals surface area (Å²) in [6.07, 6.45) is 5.30. The van der Waals surface area contributed by atoms with Crippen LogP contribution < -0.4 is 11.1 Å². The van der Waals surface area contributed by atoms with E-state index in [9.17, 15) is 4.79 Å². The normalized spacial score (nSPS) is 15.6. The van der Waals surface area contributed by atoms with Crippen LogP contribution in [0.15, 0.2) is 42.5 Å². The summed E-state index contributed by atoms with van der Waals surface area (Å²) in [5.74, 6) is -0.120. The molecule has 1 heterocycles. The third-order valence-electron chi connectivity index (χ3n) is 4.82. The fraction of sp³-hybridized carbons (Fsp3) is 0.381. The molecular formula is C21H27N3O. The van der Waals surface area contributed by atoms with E-state index in [4.69, 9.17) is 5.73 Å². The standard InChI is InChI=1S/C21H27N3O/c1-16-6-9-18(22)14-20(16)21(25)23-19-10-7-17(8-11-19)15-24-12-4-2-3-5-13-24/h6-11,14H,2-5,12-13,15,22H2,1H3,(H,23,25). The van der Waals surface area contributed by atoms with Crippen molar-refractivity contribution in [3.63, 3.8) is 0 Å². The Bertz CT molecular complexity index is 716. The Kier molecular flexibility index (Phi) is 5.71. The summed E-state index contributed by atoms with van der Waals surface area (Å²) < 4.78 is 0. The Balaban J connectivity index is 1.62. The quantitative estimate of drug-likeness (QED) is 0.822. The number of nitrogens with zero attached hydrogens (tertiary/aromatic N) is 1. The smallest absolute Gasteiger partial charge is 0.256 e. The van der Waals surface area contributed by atoms with Crippen LogP contribution in [0.4, 0.5) is 11.4 Å². The Labute approximate surface area is 150 Å². The minimum Gasteiger partial charge on any atom is -0.399 e. The molecule has 1 aliphatic heterocycles. The summed E-state index contributed by atoms with van der Waals surface area (Å²) in [4.78, 5) is 15.0. The molecule has 132 valence electrons. The van der Waals surface area contributed by atoms with Gasteiger partial charge in [-0.25, -0.2) is 0 Å². The van der Waals surface area contributed by atoms with E-state index in [2.05, 4.69) is 22.3 Å². The van der Waals surface area contributed by atoms with Gasteiger partial charge < -0.3 is 11.1 Å². The van der Waals surface area contributed by atoms with Crippen LogP contribution in [0.3, 0.4) is 0 Å². The van der Waals surface area contributed by atoms with Gasteiger partial charge in [0.2, 0.25) is 0 Å². The number of anilines is 2. The zero-order chi connectivity index (χ0) is 17.6. The van der Waals surface area contributed by atoms with Crippen LogP contribution in [-0.4, -0.2) is 23.9 Å². The predicted molar refractivity (Wildman–Crippen MR) is 104 cm³/mol. The van der Waals surface area contributed by atoms with E-state index in [0.29, 0.717) is 11.3 Å². The largest absolute Gasteiger partial charge is 0.399 e. The summed E-state index contributed by atoms with van der Waals surface area (Å²) in [5, 5.41) is 2.96. The first kappa shape index (κ1) is 17.5. The summed E-state index contributed by atoms with van der Waals surface area (Å²) >= 11 is 0. The van der Waals surface area contributed by atoms with Gasteiger partial charge in [0, 0.05) is 23.5 Å². The lowest BCUT2D eigenvalue weighted by molar-refractivity contribution is 0.102. The van der Waals surface area contributed by atoms with Crippen LogP contribution in [0.5, 0.6) is 0 Å². The molecule has 2 aromatic rings. The number of benzene rings is 2. The molecule has 0 unspecified atom stereocenters. The van der Waals surface area contributed by atoms with Gasteiger partial charge in [-0.05, 0) is 68.2 Å². The van der Waals surface area contributed by atoms with Gasteiger partial charge in [0.25, 0.3) is 5.91 Å². The van der Waals surface area contributed by atoms with E-state index in [1.807, 2.05) is 31.2 Å². The summed E-state index contributed by atoms with van der Waals surface area (Å²) in [6, 6.07) is 13.6. The van der Waals surface area contributed by atoms with Gasteiger partial charge >= 0.3 is 0 Å². The Morgan fingerprint density at radius 2 is 1.72 bits per heavy atom. The number of amides is 1. The molecule has 0 bridgehead atoms. The average molecular weight is 337 g/mol. The predicted octanol–water partition coefficient (Wildman–Crippen LogP) is 4.21. The molecule has 0 radical (unpaired) electrons. The molecule has 25 heavy (non-hydrogen) atoms. The van der Waals surface area contributed by atoms with Gasteiger partial charge in [0.15, 0.2) is 0 Å². The SMILES string of the molecule is Cc1ccc(N)cc1C(=O)Nc1ccc(CN2CCCCCC2)cc1. The third-order valence-corrected chi connectivity index (χ3v) is 4.82. The minimum absolute atomic E-state index is 0.120. The second-order valence-corrected chi connectivity index (χ2v) is 6.92. The van der Waals surface area contributed by atoms with Crippen molar-refractivity contribution >= 4 is 17.3 Å². The van der Waals surface area contributed by atoms with Crippen molar-refractivity contribution in [2.75, 3.05) is 24.1 Å². The highest BCUT2D eigenvalue weighted by Gasteiger charge is 2.11. The van der Waals surface area contributed by atoms with Gasteiger partial charge in [-0.1, -0.05) is 31.0 Å². The molecule has 1 aliphatic rings. The van der Waals surface area contributed by atoms with Crippen LogP contribution in [-0.2, 0) is 6.54 Å².